The van der Waals surface area contributed by atoms with E-state index in [0.717, 1.165) is 22.6 Å². The largest absolute Gasteiger partial charge is 0.416 e. The van der Waals surface area contributed by atoms with Gasteiger partial charge in [0, 0.05) is 9.75 Å². The van der Waals surface area contributed by atoms with Crippen molar-refractivity contribution in [3.05, 3.63) is 46.8 Å². The fraction of sp³-hybridized carbons (Fsp3) is 0.333. The van der Waals surface area contributed by atoms with Crippen LogP contribution in [0.2, 0.25) is 0 Å². The first-order valence-electron chi connectivity index (χ1n) is 5.96. The van der Waals surface area contributed by atoms with Gasteiger partial charge in [0.05, 0.1) is 5.56 Å². The molecule has 0 spiro atoms. The smallest absolute Gasteiger partial charge is 0.166 e. The molecule has 0 aliphatic heterocycles. The van der Waals surface area contributed by atoms with E-state index in [0.29, 0.717) is 0 Å². The summed E-state index contributed by atoms with van der Waals surface area (Å²) in [7, 11) is 0. The van der Waals surface area contributed by atoms with Crippen LogP contribution in [0.25, 0.3) is 10.4 Å². The molecule has 0 saturated heterocycles. The summed E-state index contributed by atoms with van der Waals surface area (Å²) in [5.41, 5.74) is 0.284. The van der Waals surface area contributed by atoms with Gasteiger partial charge in [0.15, 0.2) is 0 Å². The van der Waals surface area contributed by atoms with Crippen LogP contribution in [0, 0.1) is 0 Å². The summed E-state index contributed by atoms with van der Waals surface area (Å²) in [6, 6.07) is 9.32. The van der Waals surface area contributed by atoms with Crippen LogP contribution in [0.5, 0.6) is 0 Å². The minimum Gasteiger partial charge on any atom is -0.166 e. The van der Waals surface area contributed by atoms with Crippen molar-refractivity contribution in [2.24, 2.45) is 0 Å². The van der Waals surface area contributed by atoms with Gasteiger partial charge in [-0.05, 0) is 35.2 Å². The number of hydrogen-bond acceptors (Lipinski definition) is 1. The highest BCUT2D eigenvalue weighted by Gasteiger charge is 2.30. The van der Waals surface area contributed by atoms with Crippen LogP contribution < -0.4 is 0 Å². The van der Waals surface area contributed by atoms with Crippen LogP contribution in [0.1, 0.15) is 31.2 Å². The normalized spacial score (nSPS) is 12.7. The Bertz CT molecular complexity index is 556. The maximum atomic E-state index is 12.5. The van der Waals surface area contributed by atoms with E-state index in [1.807, 2.05) is 12.1 Å². The molecular formula is C15H15F3S. The molecule has 0 amide bonds. The summed E-state index contributed by atoms with van der Waals surface area (Å²) in [5, 5.41) is 0. The molecule has 1 aromatic carbocycles. The molecule has 0 unspecified atom stereocenters. The molecule has 2 aromatic rings. The van der Waals surface area contributed by atoms with Gasteiger partial charge in [0.1, 0.15) is 0 Å². The molecule has 4 heteroatoms. The van der Waals surface area contributed by atoms with Crippen LogP contribution in [0.3, 0.4) is 0 Å². The van der Waals surface area contributed by atoms with E-state index in [1.54, 1.807) is 11.3 Å². The zero-order chi connectivity index (χ0) is 14.3. The lowest BCUT2D eigenvalue weighted by Crippen LogP contribution is -2.07. The van der Waals surface area contributed by atoms with Crippen LogP contribution in [-0.2, 0) is 11.6 Å². The van der Waals surface area contributed by atoms with Gasteiger partial charge in [-0.2, -0.15) is 13.2 Å². The molecule has 0 atom stereocenters. The van der Waals surface area contributed by atoms with Crippen molar-refractivity contribution < 1.29 is 13.2 Å². The third-order valence-electron chi connectivity index (χ3n) is 2.84. The predicted molar refractivity (Wildman–Crippen MR) is 73.5 cm³/mol. The summed E-state index contributed by atoms with van der Waals surface area (Å²) in [6.07, 6.45) is -4.27. The summed E-state index contributed by atoms with van der Waals surface area (Å²) in [4.78, 5) is 2.22. The molecule has 0 N–H and O–H groups in total. The molecule has 1 heterocycles. The average molecular weight is 284 g/mol. The lowest BCUT2D eigenvalue weighted by molar-refractivity contribution is -0.137. The van der Waals surface area contributed by atoms with E-state index in [1.165, 1.54) is 17.0 Å². The Kier molecular flexibility index (Phi) is 3.47. The van der Waals surface area contributed by atoms with Gasteiger partial charge >= 0.3 is 6.18 Å². The van der Waals surface area contributed by atoms with Crippen molar-refractivity contribution in [3.8, 4) is 10.4 Å². The Hall–Kier alpha value is -1.29. The number of hydrogen-bond donors (Lipinski definition) is 0. The van der Waals surface area contributed by atoms with Gasteiger partial charge in [-0.3, -0.25) is 0 Å². The average Bonchev–Trinajstić information content (AvgIpc) is 2.77. The van der Waals surface area contributed by atoms with E-state index in [9.17, 15) is 13.2 Å². The molecule has 0 saturated carbocycles. The van der Waals surface area contributed by atoms with Crippen LogP contribution in [0.4, 0.5) is 13.2 Å². The van der Waals surface area contributed by atoms with E-state index >= 15 is 0 Å². The van der Waals surface area contributed by atoms with Crippen molar-refractivity contribution in [2.45, 2.75) is 32.4 Å². The van der Waals surface area contributed by atoms with Crippen molar-refractivity contribution in [3.63, 3.8) is 0 Å². The molecule has 1 aromatic heterocycles. The monoisotopic (exact) mass is 284 g/mol. The lowest BCUT2D eigenvalue weighted by atomic mass is 9.95. The Morgan fingerprint density at radius 1 is 0.842 bits per heavy atom. The second kappa shape index (κ2) is 4.67. The standard InChI is InChI=1S/C15H15F3S/c1-14(2,3)13-9-8-12(19-13)10-4-6-11(7-5-10)15(16,17)18/h4-9H,1-3H3. The maximum Gasteiger partial charge on any atom is 0.416 e. The number of benzene rings is 1. The number of alkyl halides is 3. The summed E-state index contributed by atoms with van der Waals surface area (Å²) in [5.74, 6) is 0. The topological polar surface area (TPSA) is 0 Å². The van der Waals surface area contributed by atoms with Crippen molar-refractivity contribution in [1.29, 1.82) is 0 Å². The Morgan fingerprint density at radius 3 is 1.84 bits per heavy atom. The molecule has 0 nitrogen and oxygen atoms in total. The van der Waals surface area contributed by atoms with Crippen LogP contribution in [-0.4, -0.2) is 0 Å². The van der Waals surface area contributed by atoms with Gasteiger partial charge in [-0.1, -0.05) is 32.9 Å². The molecular weight excluding hydrogens is 269 g/mol. The molecule has 102 valence electrons. The first kappa shape index (κ1) is 14.1. The van der Waals surface area contributed by atoms with Gasteiger partial charge in [-0.25, -0.2) is 0 Å². The first-order valence-corrected chi connectivity index (χ1v) is 6.77. The van der Waals surface area contributed by atoms with Crippen molar-refractivity contribution in [2.75, 3.05) is 0 Å². The number of halogens is 3. The molecule has 0 aliphatic rings. The van der Waals surface area contributed by atoms with Crippen molar-refractivity contribution >= 4 is 11.3 Å². The minimum atomic E-state index is -4.27. The maximum absolute atomic E-state index is 12.5. The van der Waals surface area contributed by atoms with E-state index in [-0.39, 0.29) is 5.41 Å². The molecule has 0 fully saturated rings. The van der Waals surface area contributed by atoms with E-state index in [4.69, 9.17) is 0 Å². The van der Waals surface area contributed by atoms with Crippen LogP contribution >= 0.6 is 11.3 Å². The van der Waals surface area contributed by atoms with Gasteiger partial charge in [-0.15, -0.1) is 11.3 Å². The van der Waals surface area contributed by atoms with E-state index < -0.39 is 11.7 Å². The Balaban J connectivity index is 2.31. The highest BCUT2D eigenvalue weighted by Crippen LogP contribution is 2.36. The SMILES string of the molecule is CC(C)(C)c1ccc(-c2ccc(C(F)(F)F)cc2)s1. The first-order chi connectivity index (χ1) is 8.68. The summed E-state index contributed by atoms with van der Waals surface area (Å²) < 4.78 is 37.5. The molecule has 0 radical (unpaired) electrons. The van der Waals surface area contributed by atoms with Crippen molar-refractivity contribution in [1.82, 2.24) is 0 Å². The van der Waals surface area contributed by atoms with E-state index in [2.05, 4.69) is 20.8 Å². The predicted octanol–water partition coefficient (Wildman–Crippen LogP) is 5.73. The summed E-state index contributed by atoms with van der Waals surface area (Å²) in [6.45, 7) is 6.36. The third-order valence-corrected chi connectivity index (χ3v) is 4.40. The minimum absolute atomic E-state index is 0.0643. The second-order valence-electron chi connectivity index (χ2n) is 5.49. The highest BCUT2D eigenvalue weighted by atomic mass is 32.1. The third kappa shape index (κ3) is 3.18. The zero-order valence-corrected chi connectivity index (χ0v) is 11.8. The molecule has 0 bridgehead atoms. The Labute approximate surface area is 114 Å². The molecule has 2 rings (SSSR count). The number of rotatable bonds is 1. The lowest BCUT2D eigenvalue weighted by Gasteiger charge is -2.15. The molecule has 19 heavy (non-hydrogen) atoms. The highest BCUT2D eigenvalue weighted by molar-refractivity contribution is 7.15. The van der Waals surface area contributed by atoms with Crippen LogP contribution in [0.15, 0.2) is 36.4 Å². The second-order valence-corrected chi connectivity index (χ2v) is 6.57. The van der Waals surface area contributed by atoms with Gasteiger partial charge in [0.25, 0.3) is 0 Å². The number of thiophene rings is 1. The quantitative estimate of drug-likeness (QED) is 0.627. The fourth-order valence-corrected chi connectivity index (χ4v) is 2.79. The zero-order valence-electron chi connectivity index (χ0n) is 11.0. The van der Waals surface area contributed by atoms with Gasteiger partial charge in [0.2, 0.25) is 0 Å². The Morgan fingerprint density at radius 2 is 1.42 bits per heavy atom. The molecule has 0 aliphatic carbocycles. The van der Waals surface area contributed by atoms with Gasteiger partial charge < -0.3 is 0 Å². The summed E-state index contributed by atoms with van der Waals surface area (Å²) >= 11 is 1.63. The fourth-order valence-electron chi connectivity index (χ4n) is 1.72.